The number of rotatable bonds is 8. The van der Waals surface area contributed by atoms with Crippen LogP contribution in [0.1, 0.15) is 59.3 Å². The minimum atomic E-state index is -5.08. The van der Waals surface area contributed by atoms with Crippen molar-refractivity contribution in [2.45, 2.75) is 57.3 Å². The Balaban J connectivity index is 0.000000591. The number of H-pyrrole nitrogens is 1. The minimum Gasteiger partial charge on any atom is -0.475 e. The number of carbonyl (C=O) groups excluding carboxylic acids is 1. The fourth-order valence-corrected chi connectivity index (χ4v) is 8.09. The van der Waals surface area contributed by atoms with Gasteiger partial charge in [-0.25, -0.2) is 17.5 Å². The number of halogens is 3. The van der Waals surface area contributed by atoms with Crippen LogP contribution in [0.5, 0.6) is 0 Å². The van der Waals surface area contributed by atoms with Gasteiger partial charge in [-0.3, -0.25) is 9.69 Å². The molecule has 0 aliphatic carbocycles. The first-order chi connectivity index (χ1) is 21.1. The zero-order chi connectivity index (χ0) is 33.1. The molecule has 0 unspecified atom stereocenters. The number of fused-ring (bicyclic) bond motifs is 1. The molecule has 2 saturated heterocycles. The van der Waals surface area contributed by atoms with Crippen LogP contribution in [0.3, 0.4) is 0 Å². The fraction of sp³-hybridized carbons (Fsp3) is 0.533. The minimum absolute atomic E-state index is 0.131. The van der Waals surface area contributed by atoms with Gasteiger partial charge in [-0.05, 0) is 106 Å². The molecular formula is C30H40F3N5O5S2. The van der Waals surface area contributed by atoms with E-state index in [0.29, 0.717) is 24.7 Å². The van der Waals surface area contributed by atoms with Crippen molar-refractivity contribution in [2.24, 2.45) is 5.73 Å². The van der Waals surface area contributed by atoms with Crippen LogP contribution in [0.25, 0.3) is 22.0 Å². The van der Waals surface area contributed by atoms with E-state index < -0.39 is 28.1 Å². The maximum atomic E-state index is 12.4. The van der Waals surface area contributed by atoms with Crippen molar-refractivity contribution in [1.82, 2.24) is 19.1 Å². The van der Waals surface area contributed by atoms with Gasteiger partial charge < -0.3 is 20.7 Å². The van der Waals surface area contributed by atoms with E-state index in [4.69, 9.17) is 15.6 Å². The molecule has 3 aromatic rings. The SMILES string of the molecule is CCS(=O)(=O)N1CCC(c2c[nH]c3c(C(N)=O)cc(-c4csc(CN(C)C5CCN(C)CC5)c4)cc23)CC1.O=C(O)C(F)(F)F. The Kier molecular flexibility index (Phi) is 11.0. The molecule has 15 heteroatoms. The van der Waals surface area contributed by atoms with E-state index in [9.17, 15) is 26.4 Å². The Bertz CT molecular complexity index is 1610. The number of carbonyl (C=O) groups is 2. The highest BCUT2D eigenvalue weighted by Crippen LogP contribution is 2.38. The number of sulfonamides is 1. The predicted octanol–water partition coefficient (Wildman–Crippen LogP) is 4.68. The number of hydrogen-bond donors (Lipinski definition) is 3. The average molecular weight is 672 g/mol. The predicted molar refractivity (Wildman–Crippen MR) is 169 cm³/mol. The number of carboxylic acids is 1. The summed E-state index contributed by atoms with van der Waals surface area (Å²) in [5.74, 6) is -2.85. The summed E-state index contributed by atoms with van der Waals surface area (Å²) in [4.78, 5) is 30.8. The molecule has 0 atom stereocenters. The second-order valence-electron chi connectivity index (χ2n) is 11.7. The highest BCUT2D eigenvalue weighted by Gasteiger charge is 2.38. The summed E-state index contributed by atoms with van der Waals surface area (Å²) in [5.41, 5.74) is 10.3. The highest BCUT2D eigenvalue weighted by molar-refractivity contribution is 7.89. The third kappa shape index (κ3) is 8.44. The number of benzene rings is 1. The first-order valence-corrected chi connectivity index (χ1v) is 17.3. The van der Waals surface area contributed by atoms with Gasteiger partial charge in [0.25, 0.3) is 5.91 Å². The van der Waals surface area contributed by atoms with E-state index >= 15 is 0 Å². The van der Waals surface area contributed by atoms with Gasteiger partial charge in [0, 0.05) is 42.1 Å². The molecule has 5 rings (SSSR count). The molecule has 0 saturated carbocycles. The van der Waals surface area contributed by atoms with Crippen molar-refractivity contribution in [3.8, 4) is 11.1 Å². The first kappa shape index (κ1) is 34.9. The zero-order valence-electron chi connectivity index (χ0n) is 25.6. The number of piperidine rings is 2. The van der Waals surface area contributed by atoms with Crippen molar-refractivity contribution >= 4 is 44.1 Å². The number of alkyl halides is 3. The molecule has 0 radical (unpaired) electrons. The van der Waals surface area contributed by atoms with Gasteiger partial charge >= 0.3 is 12.1 Å². The third-order valence-corrected chi connectivity index (χ3v) is 11.5. The Morgan fingerprint density at radius 2 is 1.71 bits per heavy atom. The molecule has 1 aromatic carbocycles. The highest BCUT2D eigenvalue weighted by atomic mass is 32.2. The molecule has 4 heterocycles. The normalized spacial score (nSPS) is 17.8. The van der Waals surface area contributed by atoms with Gasteiger partial charge in [-0.15, -0.1) is 11.3 Å². The quantitative estimate of drug-likeness (QED) is 0.316. The monoisotopic (exact) mass is 671 g/mol. The Hall–Kier alpha value is -2.98. The lowest BCUT2D eigenvalue weighted by Crippen LogP contribution is -2.41. The molecular weight excluding hydrogens is 631 g/mol. The number of aromatic nitrogens is 1. The number of hydrogen-bond acceptors (Lipinski definition) is 7. The number of aliphatic carboxylic acids is 1. The van der Waals surface area contributed by atoms with Crippen molar-refractivity contribution in [2.75, 3.05) is 46.0 Å². The topological polar surface area (TPSA) is 140 Å². The Labute approximate surface area is 265 Å². The number of nitrogens with one attached hydrogen (secondary N) is 1. The van der Waals surface area contributed by atoms with Crippen molar-refractivity contribution in [3.63, 3.8) is 0 Å². The van der Waals surface area contributed by atoms with Gasteiger partial charge in [0.15, 0.2) is 0 Å². The molecule has 4 N–H and O–H groups in total. The van der Waals surface area contributed by atoms with E-state index in [-0.39, 0.29) is 11.7 Å². The van der Waals surface area contributed by atoms with E-state index in [0.717, 1.165) is 60.1 Å². The molecule has 45 heavy (non-hydrogen) atoms. The second-order valence-corrected chi connectivity index (χ2v) is 14.9. The number of carboxylic acid groups (broad SMARTS) is 1. The molecule has 0 bridgehead atoms. The molecule has 0 spiro atoms. The van der Waals surface area contributed by atoms with Crippen LogP contribution >= 0.6 is 11.3 Å². The molecule has 2 aliphatic rings. The van der Waals surface area contributed by atoms with Crippen LogP contribution in [-0.4, -0.2) is 103 Å². The number of nitrogens with two attached hydrogens (primary N) is 1. The summed E-state index contributed by atoms with van der Waals surface area (Å²) < 4.78 is 58.0. The van der Waals surface area contributed by atoms with Crippen LogP contribution in [-0.2, 0) is 21.4 Å². The summed E-state index contributed by atoms with van der Waals surface area (Å²) in [6.07, 6.45) is 0.806. The lowest BCUT2D eigenvalue weighted by molar-refractivity contribution is -0.192. The van der Waals surface area contributed by atoms with E-state index in [1.54, 1.807) is 22.6 Å². The number of aromatic amines is 1. The maximum absolute atomic E-state index is 12.4. The smallest absolute Gasteiger partial charge is 0.475 e. The lowest BCUT2D eigenvalue weighted by atomic mass is 9.88. The number of thiophene rings is 1. The Morgan fingerprint density at radius 3 is 2.27 bits per heavy atom. The van der Waals surface area contributed by atoms with Crippen LogP contribution in [0, 0.1) is 0 Å². The van der Waals surface area contributed by atoms with Gasteiger partial charge in [0.05, 0.1) is 16.8 Å². The molecule has 1 amide bonds. The first-order valence-electron chi connectivity index (χ1n) is 14.8. The van der Waals surface area contributed by atoms with E-state index in [1.807, 2.05) is 12.3 Å². The summed E-state index contributed by atoms with van der Waals surface area (Å²) in [6.45, 7) is 5.94. The number of amides is 1. The average Bonchev–Trinajstić information content (AvgIpc) is 3.64. The third-order valence-electron chi connectivity index (χ3n) is 8.69. The van der Waals surface area contributed by atoms with Gasteiger partial charge in [-0.2, -0.15) is 13.2 Å². The molecule has 2 aliphatic heterocycles. The number of likely N-dealkylation sites (tertiary alicyclic amines) is 1. The van der Waals surface area contributed by atoms with Gasteiger partial charge in [-0.1, -0.05) is 0 Å². The van der Waals surface area contributed by atoms with Crippen molar-refractivity contribution < 1.29 is 36.3 Å². The zero-order valence-corrected chi connectivity index (χ0v) is 27.2. The standard InChI is InChI=1S/C28H39N5O3S2.C2HF3O2/c1-4-38(35,36)33-11-5-19(6-12-33)26-16-30-27-24(26)14-20(15-25(27)28(29)34)21-13-23(37-18-21)17-32(3)22-7-9-31(2)10-8-22;3-2(4,5)1(6)7/h13-16,18-19,22,30H,4-12,17H2,1-3H3,(H2,29,34);(H,6,7). The van der Waals surface area contributed by atoms with Crippen molar-refractivity contribution in [1.29, 1.82) is 0 Å². The molecule has 2 fully saturated rings. The summed E-state index contributed by atoms with van der Waals surface area (Å²) in [6, 6.07) is 6.90. The van der Waals surface area contributed by atoms with Crippen molar-refractivity contribution in [3.05, 3.63) is 45.8 Å². The van der Waals surface area contributed by atoms with E-state index in [2.05, 4.69) is 46.4 Å². The molecule has 10 nitrogen and oxygen atoms in total. The van der Waals surface area contributed by atoms with Crippen LogP contribution in [0.2, 0.25) is 0 Å². The van der Waals surface area contributed by atoms with Crippen LogP contribution in [0.15, 0.2) is 29.8 Å². The summed E-state index contributed by atoms with van der Waals surface area (Å²) in [5, 5.41) is 10.3. The molecule has 2 aromatic heterocycles. The Morgan fingerprint density at radius 1 is 1.09 bits per heavy atom. The van der Waals surface area contributed by atoms with Gasteiger partial charge in [0.1, 0.15) is 0 Å². The van der Waals surface area contributed by atoms with Crippen LogP contribution in [0.4, 0.5) is 13.2 Å². The second kappa shape index (κ2) is 14.2. The fourth-order valence-electron chi connectivity index (χ4n) is 6.00. The summed E-state index contributed by atoms with van der Waals surface area (Å²) >= 11 is 1.76. The largest absolute Gasteiger partial charge is 0.490 e. The number of primary amides is 1. The maximum Gasteiger partial charge on any atom is 0.490 e. The summed E-state index contributed by atoms with van der Waals surface area (Å²) in [7, 11) is 1.23. The van der Waals surface area contributed by atoms with Crippen LogP contribution < -0.4 is 5.73 Å². The van der Waals surface area contributed by atoms with E-state index in [1.165, 1.54) is 17.7 Å². The lowest BCUT2D eigenvalue weighted by Gasteiger charge is -2.34. The number of nitrogens with zero attached hydrogens (tertiary/aromatic N) is 3. The molecule has 248 valence electrons. The van der Waals surface area contributed by atoms with Gasteiger partial charge in [0.2, 0.25) is 10.0 Å².